The van der Waals surface area contributed by atoms with Crippen LogP contribution in [0.1, 0.15) is 11.4 Å². The molecule has 9 heteroatoms. The average molecular weight is 495 g/mol. The van der Waals surface area contributed by atoms with Gasteiger partial charge < -0.3 is 14.8 Å². The van der Waals surface area contributed by atoms with E-state index in [9.17, 15) is 4.79 Å². The summed E-state index contributed by atoms with van der Waals surface area (Å²) in [4.78, 5) is 12.6. The number of rotatable bonds is 9. The number of carbonyl (C=O) groups excluding carboxylic acids is 1. The van der Waals surface area contributed by atoms with Gasteiger partial charge in [0.25, 0.3) is 0 Å². The van der Waals surface area contributed by atoms with Crippen LogP contribution >= 0.6 is 23.4 Å². The molecule has 1 amide bonds. The molecule has 0 aliphatic heterocycles. The molecule has 7 nitrogen and oxygen atoms in total. The highest BCUT2D eigenvalue weighted by atomic mass is 35.5. The predicted octanol–water partition coefficient (Wildman–Crippen LogP) is 5.55. The molecule has 0 aliphatic carbocycles. The molecule has 0 saturated carbocycles. The summed E-state index contributed by atoms with van der Waals surface area (Å²) in [6.07, 6.45) is 0. The van der Waals surface area contributed by atoms with Gasteiger partial charge in [-0.3, -0.25) is 9.36 Å². The van der Waals surface area contributed by atoms with Gasteiger partial charge in [-0.05, 0) is 49.4 Å². The van der Waals surface area contributed by atoms with Crippen LogP contribution in [0.2, 0.25) is 5.02 Å². The summed E-state index contributed by atoms with van der Waals surface area (Å²) in [6.45, 7) is 2.26. The van der Waals surface area contributed by atoms with E-state index in [0.717, 1.165) is 17.0 Å². The Morgan fingerprint density at radius 1 is 1.06 bits per heavy atom. The highest BCUT2D eigenvalue weighted by Gasteiger charge is 2.17. The fourth-order valence-electron chi connectivity index (χ4n) is 3.18. The van der Waals surface area contributed by atoms with Crippen LogP contribution < -0.4 is 14.8 Å². The molecule has 0 radical (unpaired) electrons. The lowest BCUT2D eigenvalue weighted by Crippen LogP contribution is -2.15. The molecule has 4 aromatic rings. The molecule has 1 aromatic heterocycles. The summed E-state index contributed by atoms with van der Waals surface area (Å²) < 4.78 is 13.0. The normalized spacial score (nSPS) is 10.7. The lowest BCUT2D eigenvalue weighted by molar-refractivity contribution is -0.113. The van der Waals surface area contributed by atoms with E-state index in [1.165, 1.54) is 11.8 Å². The van der Waals surface area contributed by atoms with Crippen molar-refractivity contribution in [1.82, 2.24) is 14.8 Å². The Labute approximate surface area is 207 Å². The van der Waals surface area contributed by atoms with Crippen LogP contribution in [-0.2, 0) is 11.4 Å². The van der Waals surface area contributed by atoms with Gasteiger partial charge >= 0.3 is 0 Å². The zero-order valence-corrected chi connectivity index (χ0v) is 20.3. The molecule has 4 rings (SSSR count). The number of methoxy groups -OCH3 is 1. The maximum absolute atomic E-state index is 12.6. The van der Waals surface area contributed by atoms with Gasteiger partial charge in [-0.25, -0.2) is 0 Å². The molecule has 0 aliphatic rings. The van der Waals surface area contributed by atoms with E-state index in [-0.39, 0.29) is 18.3 Å². The van der Waals surface area contributed by atoms with Crippen molar-refractivity contribution >= 4 is 35.0 Å². The number of hydrogen-bond acceptors (Lipinski definition) is 6. The first-order chi connectivity index (χ1) is 16.5. The number of nitrogens with one attached hydrogen (secondary N) is 1. The molecular formula is C25H23ClN4O3S. The SMILES string of the molecule is COc1ccc(NC(=O)CSc2nnc(COc3ccc(C)cc3)n2-c2ccccc2)cc1Cl. The number of halogens is 1. The Kier molecular flexibility index (Phi) is 7.72. The number of para-hydroxylation sites is 1. The first kappa shape index (κ1) is 23.7. The van der Waals surface area contributed by atoms with Crippen LogP contribution in [0.3, 0.4) is 0 Å². The second-order valence-corrected chi connectivity index (χ2v) is 8.71. The summed E-state index contributed by atoms with van der Waals surface area (Å²) in [7, 11) is 1.54. The van der Waals surface area contributed by atoms with Gasteiger partial charge in [0, 0.05) is 11.4 Å². The van der Waals surface area contributed by atoms with Crippen LogP contribution in [-0.4, -0.2) is 33.5 Å². The standard InChI is InChI=1S/C25H23ClN4O3S/c1-17-8-11-20(12-9-17)33-15-23-28-29-25(30(23)19-6-4-3-5-7-19)34-16-24(31)27-18-10-13-22(32-2)21(26)14-18/h3-14H,15-16H2,1-2H3,(H,27,31). The molecule has 1 heterocycles. The highest BCUT2D eigenvalue weighted by Crippen LogP contribution is 2.28. The van der Waals surface area contributed by atoms with Gasteiger partial charge in [0.05, 0.1) is 17.9 Å². The third-order valence-corrected chi connectivity index (χ3v) is 6.10. The number of carbonyl (C=O) groups is 1. The number of anilines is 1. The van der Waals surface area contributed by atoms with Crippen molar-refractivity contribution in [3.63, 3.8) is 0 Å². The van der Waals surface area contributed by atoms with Crippen LogP contribution in [0, 0.1) is 6.92 Å². The number of ether oxygens (including phenoxy) is 2. The summed E-state index contributed by atoms with van der Waals surface area (Å²) >= 11 is 7.43. The topological polar surface area (TPSA) is 78.3 Å². The third-order valence-electron chi connectivity index (χ3n) is 4.87. The first-order valence-electron chi connectivity index (χ1n) is 10.5. The molecule has 0 fully saturated rings. The quantitative estimate of drug-likeness (QED) is 0.307. The number of thioether (sulfide) groups is 1. The second-order valence-electron chi connectivity index (χ2n) is 7.36. The van der Waals surface area contributed by atoms with E-state index in [2.05, 4.69) is 15.5 Å². The number of aryl methyl sites for hydroxylation is 1. The maximum atomic E-state index is 12.6. The monoisotopic (exact) mass is 494 g/mol. The third kappa shape index (κ3) is 5.89. The van der Waals surface area contributed by atoms with Crippen LogP contribution in [0.15, 0.2) is 78.0 Å². The number of nitrogens with zero attached hydrogens (tertiary/aromatic N) is 3. The van der Waals surface area contributed by atoms with Crippen LogP contribution in [0.5, 0.6) is 11.5 Å². The Morgan fingerprint density at radius 2 is 1.82 bits per heavy atom. The van der Waals surface area contributed by atoms with Crippen LogP contribution in [0.25, 0.3) is 5.69 Å². The molecule has 0 unspecified atom stereocenters. The van der Waals surface area contributed by atoms with Crippen molar-refractivity contribution in [2.24, 2.45) is 0 Å². The van der Waals surface area contributed by atoms with Gasteiger partial charge in [-0.1, -0.05) is 59.3 Å². The number of hydrogen-bond donors (Lipinski definition) is 1. The van der Waals surface area contributed by atoms with Crippen molar-refractivity contribution in [3.8, 4) is 17.2 Å². The minimum absolute atomic E-state index is 0.146. The fourth-order valence-corrected chi connectivity index (χ4v) is 4.21. The lowest BCUT2D eigenvalue weighted by Gasteiger charge is -2.11. The van der Waals surface area contributed by atoms with Crippen molar-refractivity contribution in [2.45, 2.75) is 18.7 Å². The van der Waals surface area contributed by atoms with Gasteiger partial charge in [-0.15, -0.1) is 10.2 Å². The molecular weight excluding hydrogens is 472 g/mol. The van der Waals surface area contributed by atoms with E-state index in [0.29, 0.717) is 27.4 Å². The molecule has 1 N–H and O–H groups in total. The molecule has 174 valence electrons. The fraction of sp³-hybridized carbons (Fsp3) is 0.160. The first-order valence-corrected chi connectivity index (χ1v) is 11.8. The van der Waals surface area contributed by atoms with Gasteiger partial charge in [0.2, 0.25) is 5.91 Å². The minimum atomic E-state index is -0.189. The zero-order chi connectivity index (χ0) is 23.9. The number of benzene rings is 3. The lowest BCUT2D eigenvalue weighted by atomic mass is 10.2. The molecule has 0 saturated heterocycles. The minimum Gasteiger partial charge on any atom is -0.495 e. The zero-order valence-electron chi connectivity index (χ0n) is 18.7. The summed E-state index contributed by atoms with van der Waals surface area (Å²) in [5.41, 5.74) is 2.64. The number of amides is 1. The Bertz CT molecular complexity index is 1260. The van der Waals surface area contributed by atoms with E-state index >= 15 is 0 Å². The van der Waals surface area contributed by atoms with E-state index in [1.807, 2.05) is 66.1 Å². The van der Waals surface area contributed by atoms with Gasteiger partial charge in [0.15, 0.2) is 11.0 Å². The van der Waals surface area contributed by atoms with Crippen molar-refractivity contribution in [2.75, 3.05) is 18.2 Å². The van der Waals surface area contributed by atoms with Crippen molar-refractivity contribution in [1.29, 1.82) is 0 Å². The molecule has 34 heavy (non-hydrogen) atoms. The number of aromatic nitrogens is 3. The van der Waals surface area contributed by atoms with Gasteiger partial charge in [-0.2, -0.15) is 0 Å². The molecule has 0 spiro atoms. The largest absolute Gasteiger partial charge is 0.495 e. The Balaban J connectivity index is 1.47. The van der Waals surface area contributed by atoms with E-state index in [4.69, 9.17) is 21.1 Å². The Hall–Kier alpha value is -3.49. The van der Waals surface area contributed by atoms with Crippen molar-refractivity contribution in [3.05, 3.63) is 89.2 Å². The highest BCUT2D eigenvalue weighted by molar-refractivity contribution is 7.99. The second kappa shape index (κ2) is 11.1. The summed E-state index contributed by atoms with van der Waals surface area (Å²) in [5, 5.41) is 12.5. The average Bonchev–Trinajstić information content (AvgIpc) is 3.26. The van der Waals surface area contributed by atoms with Crippen LogP contribution in [0.4, 0.5) is 5.69 Å². The predicted molar refractivity (Wildman–Crippen MR) is 134 cm³/mol. The van der Waals surface area contributed by atoms with E-state index in [1.54, 1.807) is 25.3 Å². The smallest absolute Gasteiger partial charge is 0.234 e. The van der Waals surface area contributed by atoms with Crippen molar-refractivity contribution < 1.29 is 14.3 Å². The molecule has 0 atom stereocenters. The van der Waals surface area contributed by atoms with E-state index < -0.39 is 0 Å². The maximum Gasteiger partial charge on any atom is 0.234 e. The summed E-state index contributed by atoms with van der Waals surface area (Å²) in [5.74, 6) is 1.89. The Morgan fingerprint density at radius 3 is 2.53 bits per heavy atom. The summed E-state index contributed by atoms with van der Waals surface area (Å²) in [6, 6.07) is 22.7. The molecule has 0 bridgehead atoms. The van der Waals surface area contributed by atoms with Gasteiger partial charge in [0.1, 0.15) is 18.1 Å². The molecule has 3 aromatic carbocycles.